The summed E-state index contributed by atoms with van der Waals surface area (Å²) in [5.41, 5.74) is 1.57. The first-order valence-electron chi connectivity index (χ1n) is 5.18. The zero-order valence-electron chi connectivity index (χ0n) is 8.94. The maximum absolute atomic E-state index is 11.1. The third-order valence-corrected chi connectivity index (χ3v) is 3.11. The number of benzene rings is 1. The minimum Gasteiger partial charge on any atom is -0.467 e. The Bertz CT molecular complexity index is 413. The van der Waals surface area contributed by atoms with E-state index in [4.69, 9.17) is 11.6 Å². The summed E-state index contributed by atoms with van der Waals surface area (Å²) in [7, 11) is 1.24. The number of rotatable bonds is 3. The lowest BCUT2D eigenvalue weighted by Crippen LogP contribution is -2.13. The molecule has 1 aliphatic rings. The Kier molecular flexibility index (Phi) is 3.17. The summed E-state index contributed by atoms with van der Waals surface area (Å²) >= 11 is 6.09. The summed E-state index contributed by atoms with van der Waals surface area (Å²) in [6, 6.07) is 5.24. The number of methoxy groups -OCH3 is 1. The molecule has 86 valence electrons. The molecule has 2 rings (SSSR count). The van der Waals surface area contributed by atoms with Gasteiger partial charge in [-0.15, -0.1) is 0 Å². The molecule has 1 fully saturated rings. The predicted octanol–water partition coefficient (Wildman–Crippen LogP) is 2.42. The van der Waals surface area contributed by atoms with Crippen LogP contribution in [0, 0.1) is 0 Å². The summed E-state index contributed by atoms with van der Waals surface area (Å²) < 4.78 is 4.46. The van der Waals surface area contributed by atoms with Crippen LogP contribution in [-0.4, -0.2) is 18.2 Å². The van der Waals surface area contributed by atoms with Crippen LogP contribution in [-0.2, 0) is 9.53 Å². The number of aliphatic hydroxyl groups is 1. The van der Waals surface area contributed by atoms with E-state index in [1.807, 2.05) is 6.07 Å². The van der Waals surface area contributed by atoms with Crippen molar-refractivity contribution in [1.82, 2.24) is 0 Å². The van der Waals surface area contributed by atoms with Crippen LogP contribution in [0.15, 0.2) is 18.2 Å². The number of aliphatic hydroxyl groups excluding tert-OH is 1. The molecule has 1 aromatic rings. The van der Waals surface area contributed by atoms with Gasteiger partial charge in [-0.1, -0.05) is 23.7 Å². The lowest BCUT2D eigenvalue weighted by atomic mass is 10.0. The average molecular weight is 241 g/mol. The number of carbonyl (C=O) groups is 1. The molecule has 16 heavy (non-hydrogen) atoms. The van der Waals surface area contributed by atoms with Crippen molar-refractivity contribution >= 4 is 17.6 Å². The minimum absolute atomic E-state index is 0.473. The van der Waals surface area contributed by atoms with Gasteiger partial charge in [-0.3, -0.25) is 0 Å². The zero-order valence-corrected chi connectivity index (χ0v) is 9.70. The molecule has 0 bridgehead atoms. The first kappa shape index (κ1) is 11.4. The molecule has 1 aliphatic carbocycles. The average Bonchev–Trinajstić information content (AvgIpc) is 3.10. The van der Waals surface area contributed by atoms with Gasteiger partial charge in [-0.05, 0) is 36.0 Å². The third-order valence-electron chi connectivity index (χ3n) is 2.78. The highest BCUT2D eigenvalue weighted by Crippen LogP contribution is 2.43. The molecular formula is C12H13ClO3. The Balaban J connectivity index is 2.23. The monoisotopic (exact) mass is 240 g/mol. The fourth-order valence-corrected chi connectivity index (χ4v) is 2.03. The molecule has 0 saturated heterocycles. The second kappa shape index (κ2) is 4.44. The highest BCUT2D eigenvalue weighted by Gasteiger charge is 2.27. The van der Waals surface area contributed by atoms with Crippen LogP contribution >= 0.6 is 11.6 Å². The SMILES string of the molecule is COC(=O)C(O)c1ccc(C2CC2)c(Cl)c1. The molecule has 1 saturated carbocycles. The van der Waals surface area contributed by atoms with Gasteiger partial charge in [0.15, 0.2) is 6.10 Å². The molecular weight excluding hydrogens is 228 g/mol. The van der Waals surface area contributed by atoms with Crippen molar-refractivity contribution in [2.45, 2.75) is 24.9 Å². The topological polar surface area (TPSA) is 46.5 Å². The first-order valence-corrected chi connectivity index (χ1v) is 5.56. The fraction of sp³-hybridized carbons (Fsp3) is 0.417. The summed E-state index contributed by atoms with van der Waals surface area (Å²) in [5, 5.41) is 10.2. The van der Waals surface area contributed by atoms with Crippen molar-refractivity contribution in [2.75, 3.05) is 7.11 Å². The Hall–Kier alpha value is -1.06. The molecule has 1 unspecified atom stereocenters. The molecule has 1 aromatic carbocycles. The van der Waals surface area contributed by atoms with Crippen LogP contribution < -0.4 is 0 Å². The van der Waals surface area contributed by atoms with Crippen molar-refractivity contribution in [3.8, 4) is 0 Å². The van der Waals surface area contributed by atoms with Gasteiger partial charge in [0.2, 0.25) is 0 Å². The molecule has 1 atom stereocenters. The number of esters is 1. The maximum atomic E-state index is 11.1. The number of hydrogen-bond donors (Lipinski definition) is 1. The van der Waals surface area contributed by atoms with E-state index in [-0.39, 0.29) is 0 Å². The highest BCUT2D eigenvalue weighted by atomic mass is 35.5. The smallest absolute Gasteiger partial charge is 0.339 e. The van der Waals surface area contributed by atoms with E-state index in [0.29, 0.717) is 16.5 Å². The van der Waals surface area contributed by atoms with Gasteiger partial charge in [0.25, 0.3) is 0 Å². The normalized spacial score (nSPS) is 16.9. The van der Waals surface area contributed by atoms with Crippen LogP contribution in [0.4, 0.5) is 0 Å². The predicted molar refractivity (Wildman–Crippen MR) is 60.4 cm³/mol. The van der Waals surface area contributed by atoms with Gasteiger partial charge in [0.1, 0.15) is 0 Å². The molecule has 0 spiro atoms. The van der Waals surface area contributed by atoms with Gasteiger partial charge < -0.3 is 9.84 Å². The van der Waals surface area contributed by atoms with Gasteiger partial charge in [0.05, 0.1) is 7.11 Å². The van der Waals surface area contributed by atoms with Crippen LogP contribution in [0.1, 0.15) is 36.0 Å². The standard InChI is InChI=1S/C12H13ClO3/c1-16-12(15)11(14)8-4-5-9(7-2-3-7)10(13)6-8/h4-7,11,14H,2-3H2,1H3. The minimum atomic E-state index is -1.25. The summed E-state index contributed by atoms with van der Waals surface area (Å²) in [6.45, 7) is 0. The van der Waals surface area contributed by atoms with Crippen LogP contribution in [0.5, 0.6) is 0 Å². The lowest BCUT2D eigenvalue weighted by molar-refractivity contribution is -0.150. The maximum Gasteiger partial charge on any atom is 0.339 e. The van der Waals surface area contributed by atoms with E-state index in [1.165, 1.54) is 20.0 Å². The quantitative estimate of drug-likeness (QED) is 0.826. The number of halogens is 1. The molecule has 4 heteroatoms. The van der Waals surface area contributed by atoms with Crippen molar-refractivity contribution in [1.29, 1.82) is 0 Å². The van der Waals surface area contributed by atoms with Gasteiger partial charge in [-0.25, -0.2) is 4.79 Å². The lowest BCUT2D eigenvalue weighted by Gasteiger charge is -2.10. The van der Waals surface area contributed by atoms with Crippen LogP contribution in [0.2, 0.25) is 5.02 Å². The van der Waals surface area contributed by atoms with E-state index >= 15 is 0 Å². The Labute approximate surface area is 99.0 Å². The van der Waals surface area contributed by atoms with Crippen molar-refractivity contribution < 1.29 is 14.6 Å². The second-order valence-corrected chi connectivity index (χ2v) is 4.39. The van der Waals surface area contributed by atoms with Gasteiger partial charge in [-0.2, -0.15) is 0 Å². The van der Waals surface area contributed by atoms with Crippen molar-refractivity contribution in [3.05, 3.63) is 34.3 Å². The third kappa shape index (κ3) is 2.20. The number of carbonyl (C=O) groups excluding carboxylic acids is 1. The van der Waals surface area contributed by atoms with Crippen molar-refractivity contribution in [2.24, 2.45) is 0 Å². The molecule has 3 nitrogen and oxygen atoms in total. The van der Waals surface area contributed by atoms with E-state index < -0.39 is 12.1 Å². The molecule has 0 heterocycles. The molecule has 0 aromatic heterocycles. The number of hydrogen-bond acceptors (Lipinski definition) is 3. The highest BCUT2D eigenvalue weighted by molar-refractivity contribution is 6.31. The van der Waals surface area contributed by atoms with E-state index in [2.05, 4.69) is 4.74 Å². The molecule has 0 amide bonds. The van der Waals surface area contributed by atoms with Crippen LogP contribution in [0.25, 0.3) is 0 Å². The molecule has 0 aliphatic heterocycles. The number of ether oxygens (including phenoxy) is 1. The fourth-order valence-electron chi connectivity index (χ4n) is 1.69. The van der Waals surface area contributed by atoms with E-state index in [1.54, 1.807) is 12.1 Å². The van der Waals surface area contributed by atoms with Gasteiger partial charge in [0, 0.05) is 5.02 Å². The molecule has 1 N–H and O–H groups in total. The Morgan fingerprint density at radius 1 is 1.56 bits per heavy atom. The zero-order chi connectivity index (χ0) is 11.7. The summed E-state index contributed by atoms with van der Waals surface area (Å²) in [5.74, 6) is -0.118. The van der Waals surface area contributed by atoms with Gasteiger partial charge >= 0.3 is 5.97 Å². The van der Waals surface area contributed by atoms with E-state index in [0.717, 1.165) is 5.56 Å². The Morgan fingerprint density at radius 3 is 2.75 bits per heavy atom. The summed E-state index contributed by atoms with van der Waals surface area (Å²) in [4.78, 5) is 11.1. The van der Waals surface area contributed by atoms with E-state index in [9.17, 15) is 9.90 Å². The first-order chi connectivity index (χ1) is 7.63. The molecule has 0 radical (unpaired) electrons. The van der Waals surface area contributed by atoms with Crippen molar-refractivity contribution in [3.63, 3.8) is 0 Å². The van der Waals surface area contributed by atoms with Crippen LogP contribution in [0.3, 0.4) is 0 Å². The Morgan fingerprint density at radius 2 is 2.25 bits per heavy atom. The second-order valence-electron chi connectivity index (χ2n) is 3.98. The summed E-state index contributed by atoms with van der Waals surface area (Å²) in [6.07, 6.45) is 1.08. The largest absolute Gasteiger partial charge is 0.467 e.